The number of ether oxygens (including phenoxy) is 3. The molecule has 0 bridgehead atoms. The second kappa shape index (κ2) is 6.04. The van der Waals surface area contributed by atoms with E-state index in [1.54, 1.807) is 0 Å². The summed E-state index contributed by atoms with van der Waals surface area (Å²) in [6.07, 6.45) is 2.03. The molecule has 0 N–H and O–H groups in total. The molecule has 1 aliphatic heterocycles. The lowest BCUT2D eigenvalue weighted by atomic mass is 10.0. The highest BCUT2D eigenvalue weighted by atomic mass is 16.8. The van der Waals surface area contributed by atoms with Gasteiger partial charge in [0.25, 0.3) is 0 Å². The molecule has 1 atom stereocenters. The predicted octanol–water partition coefficient (Wildman–Crippen LogP) is 3.53. The van der Waals surface area contributed by atoms with E-state index in [9.17, 15) is 0 Å². The lowest BCUT2D eigenvalue weighted by molar-refractivity contribution is -0.176. The Morgan fingerprint density at radius 3 is 2.53 bits per heavy atom. The van der Waals surface area contributed by atoms with Gasteiger partial charge in [-0.05, 0) is 25.8 Å². The summed E-state index contributed by atoms with van der Waals surface area (Å²) in [6.45, 7) is 7.90. The maximum atomic E-state index is 6.07. The van der Waals surface area contributed by atoms with E-state index in [2.05, 4.69) is 19.1 Å². The molecule has 1 aliphatic rings. The quantitative estimate of drug-likeness (QED) is 0.786. The van der Waals surface area contributed by atoms with Gasteiger partial charge in [-0.15, -0.1) is 0 Å². The van der Waals surface area contributed by atoms with Crippen LogP contribution in [0.1, 0.15) is 39.2 Å². The van der Waals surface area contributed by atoms with E-state index in [0.29, 0.717) is 19.8 Å². The molecule has 1 aromatic carbocycles. The van der Waals surface area contributed by atoms with Crippen molar-refractivity contribution in [2.24, 2.45) is 0 Å². The zero-order valence-electron chi connectivity index (χ0n) is 12.1. The molecule has 0 aliphatic carbocycles. The first-order chi connectivity index (χ1) is 9.05. The molecule has 0 radical (unpaired) electrons. The van der Waals surface area contributed by atoms with Gasteiger partial charge < -0.3 is 14.2 Å². The van der Waals surface area contributed by atoms with Gasteiger partial charge in [-0.2, -0.15) is 0 Å². The second-order valence-electron chi connectivity index (χ2n) is 5.70. The summed E-state index contributed by atoms with van der Waals surface area (Å²) in [5, 5.41) is 0. The molecule has 0 amide bonds. The fourth-order valence-corrected chi connectivity index (χ4v) is 2.54. The minimum absolute atomic E-state index is 0.285. The Balaban J connectivity index is 1.88. The maximum absolute atomic E-state index is 6.07. The Bertz CT molecular complexity index is 388. The Hall–Kier alpha value is -0.900. The van der Waals surface area contributed by atoms with Crippen molar-refractivity contribution in [3.05, 3.63) is 35.9 Å². The molecule has 0 saturated carbocycles. The Morgan fingerprint density at radius 1 is 1.21 bits per heavy atom. The van der Waals surface area contributed by atoms with Crippen molar-refractivity contribution in [2.45, 2.75) is 51.6 Å². The largest absolute Gasteiger partial charge is 0.374 e. The Labute approximate surface area is 115 Å². The van der Waals surface area contributed by atoms with Gasteiger partial charge in [-0.1, -0.05) is 43.7 Å². The van der Waals surface area contributed by atoms with E-state index in [0.717, 1.165) is 12.8 Å². The number of rotatable bonds is 6. The molecule has 19 heavy (non-hydrogen) atoms. The van der Waals surface area contributed by atoms with E-state index in [1.165, 1.54) is 5.56 Å². The average Bonchev–Trinajstić information content (AvgIpc) is 2.67. The van der Waals surface area contributed by atoms with Crippen LogP contribution in [0.5, 0.6) is 0 Å². The predicted molar refractivity (Wildman–Crippen MR) is 74.9 cm³/mol. The van der Waals surface area contributed by atoms with Crippen molar-refractivity contribution in [1.29, 1.82) is 0 Å². The Morgan fingerprint density at radius 2 is 1.95 bits per heavy atom. The van der Waals surface area contributed by atoms with Crippen LogP contribution in [0.2, 0.25) is 0 Å². The van der Waals surface area contributed by atoms with Gasteiger partial charge in [-0.25, -0.2) is 0 Å². The highest BCUT2D eigenvalue weighted by molar-refractivity contribution is 5.13. The van der Waals surface area contributed by atoms with Gasteiger partial charge in [0.2, 0.25) is 0 Å². The summed E-state index contributed by atoms with van der Waals surface area (Å²) in [5.74, 6) is -0.495. The van der Waals surface area contributed by atoms with Crippen molar-refractivity contribution in [3.63, 3.8) is 0 Å². The van der Waals surface area contributed by atoms with Gasteiger partial charge in [0.1, 0.15) is 5.60 Å². The third-order valence-electron chi connectivity index (χ3n) is 3.33. The minimum Gasteiger partial charge on any atom is -0.374 e. The normalized spacial score (nSPS) is 25.6. The van der Waals surface area contributed by atoms with Gasteiger partial charge in [0.05, 0.1) is 19.8 Å². The molecule has 1 saturated heterocycles. The molecule has 2 rings (SSSR count). The molecule has 3 heteroatoms. The molecule has 1 aromatic rings. The van der Waals surface area contributed by atoms with E-state index < -0.39 is 5.79 Å². The minimum atomic E-state index is -0.495. The highest BCUT2D eigenvalue weighted by Gasteiger charge is 2.44. The molecule has 1 fully saturated rings. The molecular weight excluding hydrogens is 240 g/mol. The van der Waals surface area contributed by atoms with Crippen LogP contribution in [-0.4, -0.2) is 24.6 Å². The van der Waals surface area contributed by atoms with Crippen molar-refractivity contribution in [1.82, 2.24) is 0 Å². The van der Waals surface area contributed by atoms with Crippen LogP contribution >= 0.6 is 0 Å². The summed E-state index contributed by atoms with van der Waals surface area (Å²) in [5.41, 5.74) is 0.903. The smallest absolute Gasteiger partial charge is 0.163 e. The summed E-state index contributed by atoms with van der Waals surface area (Å²) in [6, 6.07) is 10.2. The number of hydrogen-bond donors (Lipinski definition) is 0. The van der Waals surface area contributed by atoms with Crippen molar-refractivity contribution in [3.8, 4) is 0 Å². The SMILES string of the molecule is CCCC1(COCc2ccccc2)COC(C)(C)O1. The van der Waals surface area contributed by atoms with E-state index in [4.69, 9.17) is 14.2 Å². The van der Waals surface area contributed by atoms with E-state index in [1.807, 2.05) is 32.0 Å². The van der Waals surface area contributed by atoms with Crippen molar-refractivity contribution in [2.75, 3.05) is 13.2 Å². The summed E-state index contributed by atoms with van der Waals surface area (Å²) < 4.78 is 17.6. The summed E-state index contributed by atoms with van der Waals surface area (Å²) >= 11 is 0. The lowest BCUT2D eigenvalue weighted by Gasteiger charge is -2.28. The topological polar surface area (TPSA) is 27.7 Å². The fraction of sp³-hybridized carbons (Fsp3) is 0.625. The third kappa shape index (κ3) is 4.03. The molecule has 1 heterocycles. The first-order valence-electron chi connectivity index (χ1n) is 7.01. The third-order valence-corrected chi connectivity index (χ3v) is 3.33. The molecule has 106 valence electrons. The van der Waals surface area contributed by atoms with Crippen LogP contribution in [0.3, 0.4) is 0 Å². The molecular formula is C16H24O3. The molecule has 0 aromatic heterocycles. The van der Waals surface area contributed by atoms with E-state index >= 15 is 0 Å². The standard InChI is InChI=1S/C16H24O3/c1-4-10-16(13-18-15(2,3)19-16)12-17-11-14-8-6-5-7-9-14/h5-9H,4,10-13H2,1-3H3. The van der Waals surface area contributed by atoms with Gasteiger partial charge in [0, 0.05) is 0 Å². The van der Waals surface area contributed by atoms with Gasteiger partial charge in [-0.3, -0.25) is 0 Å². The van der Waals surface area contributed by atoms with E-state index in [-0.39, 0.29) is 5.60 Å². The number of hydrogen-bond acceptors (Lipinski definition) is 3. The van der Waals surface area contributed by atoms with Crippen LogP contribution in [0, 0.1) is 0 Å². The maximum Gasteiger partial charge on any atom is 0.163 e. The monoisotopic (exact) mass is 264 g/mol. The first kappa shape index (κ1) is 14.5. The zero-order chi connectivity index (χ0) is 13.8. The highest BCUT2D eigenvalue weighted by Crippen LogP contribution is 2.34. The zero-order valence-corrected chi connectivity index (χ0v) is 12.1. The Kier molecular flexibility index (Phi) is 4.61. The van der Waals surface area contributed by atoms with Crippen LogP contribution in [0.4, 0.5) is 0 Å². The number of benzene rings is 1. The lowest BCUT2D eigenvalue weighted by Crippen LogP contribution is -2.39. The summed E-state index contributed by atoms with van der Waals surface area (Å²) in [4.78, 5) is 0. The van der Waals surface area contributed by atoms with Gasteiger partial charge >= 0.3 is 0 Å². The molecule has 0 spiro atoms. The van der Waals surface area contributed by atoms with Gasteiger partial charge in [0.15, 0.2) is 5.79 Å². The average molecular weight is 264 g/mol. The second-order valence-corrected chi connectivity index (χ2v) is 5.70. The van der Waals surface area contributed by atoms with Crippen LogP contribution < -0.4 is 0 Å². The molecule has 1 unspecified atom stereocenters. The summed E-state index contributed by atoms with van der Waals surface area (Å²) in [7, 11) is 0. The van der Waals surface area contributed by atoms with Crippen molar-refractivity contribution < 1.29 is 14.2 Å². The first-order valence-corrected chi connectivity index (χ1v) is 7.01. The molecule has 3 nitrogen and oxygen atoms in total. The van der Waals surface area contributed by atoms with Crippen molar-refractivity contribution >= 4 is 0 Å². The fourth-order valence-electron chi connectivity index (χ4n) is 2.54. The van der Waals surface area contributed by atoms with Crippen LogP contribution in [0.25, 0.3) is 0 Å². The van der Waals surface area contributed by atoms with Crippen LogP contribution in [-0.2, 0) is 20.8 Å². The van der Waals surface area contributed by atoms with Crippen LogP contribution in [0.15, 0.2) is 30.3 Å².